The predicted octanol–water partition coefficient (Wildman–Crippen LogP) is 2.58. The second-order valence-corrected chi connectivity index (χ2v) is 6.07. The van der Waals surface area contributed by atoms with Gasteiger partial charge in [0, 0.05) is 6.61 Å². The van der Waals surface area contributed by atoms with E-state index in [1.807, 2.05) is 0 Å². The molecular weight excluding hydrogens is 253 g/mol. The quantitative estimate of drug-likeness (QED) is 0.613. The van der Waals surface area contributed by atoms with Crippen molar-refractivity contribution in [2.75, 3.05) is 24.7 Å². The van der Waals surface area contributed by atoms with Crippen molar-refractivity contribution in [1.82, 2.24) is 0 Å². The number of benzene rings is 1. The lowest BCUT2D eigenvalue weighted by molar-refractivity contribution is 0.138. The molecule has 1 unspecified atom stereocenters. The number of rotatable bonds is 7. The molecule has 0 spiro atoms. The van der Waals surface area contributed by atoms with E-state index < -0.39 is 16.6 Å². The van der Waals surface area contributed by atoms with Crippen molar-refractivity contribution >= 4 is 16.5 Å². The minimum atomic E-state index is -1.23. The lowest BCUT2D eigenvalue weighted by Crippen LogP contribution is -2.09. The zero-order chi connectivity index (χ0) is 13.5. The Balaban J connectivity index is 2.36. The maximum absolute atomic E-state index is 12.8. The van der Waals surface area contributed by atoms with Crippen LogP contribution < -0.4 is 5.73 Å². The third-order valence-electron chi connectivity index (χ3n) is 2.47. The lowest BCUT2D eigenvalue weighted by Gasteiger charge is -2.08. The first-order valence-corrected chi connectivity index (χ1v) is 7.33. The number of nitrogens with two attached hydrogens (primary N) is 1. The average molecular weight is 273 g/mol. The molecule has 1 aromatic rings. The molecule has 1 rings (SSSR count). The molecule has 0 aliphatic rings. The van der Waals surface area contributed by atoms with Crippen molar-refractivity contribution in [2.45, 2.75) is 25.2 Å². The molecule has 0 saturated heterocycles. The van der Waals surface area contributed by atoms with Crippen LogP contribution in [0.2, 0.25) is 0 Å². The highest BCUT2D eigenvalue weighted by Crippen LogP contribution is 2.17. The van der Waals surface area contributed by atoms with Gasteiger partial charge in [0.2, 0.25) is 0 Å². The van der Waals surface area contributed by atoms with Gasteiger partial charge in [-0.1, -0.05) is 13.8 Å². The van der Waals surface area contributed by atoms with Crippen LogP contribution in [0.1, 0.15) is 20.3 Å². The highest BCUT2D eigenvalue weighted by molar-refractivity contribution is 7.85. The van der Waals surface area contributed by atoms with E-state index in [4.69, 9.17) is 10.5 Å². The second kappa shape index (κ2) is 7.48. The molecule has 2 N–H and O–H groups in total. The Hall–Kier alpha value is -0.940. The van der Waals surface area contributed by atoms with Crippen molar-refractivity contribution < 1.29 is 13.3 Å². The Labute approximate surface area is 110 Å². The minimum absolute atomic E-state index is 0.232. The Morgan fingerprint density at radius 1 is 1.39 bits per heavy atom. The zero-order valence-electron chi connectivity index (χ0n) is 10.8. The van der Waals surface area contributed by atoms with Crippen LogP contribution in [0.4, 0.5) is 10.1 Å². The summed E-state index contributed by atoms with van der Waals surface area (Å²) < 4.78 is 30.1. The van der Waals surface area contributed by atoms with Crippen LogP contribution in [0.5, 0.6) is 0 Å². The fraction of sp³-hybridized carbons (Fsp3) is 0.538. The summed E-state index contributed by atoms with van der Waals surface area (Å²) in [6, 6.07) is 3.92. The van der Waals surface area contributed by atoms with Gasteiger partial charge in [-0.3, -0.25) is 4.21 Å². The van der Waals surface area contributed by atoms with Crippen molar-refractivity contribution in [1.29, 1.82) is 0 Å². The summed E-state index contributed by atoms with van der Waals surface area (Å²) in [4.78, 5) is 0.476. The van der Waals surface area contributed by atoms with Crippen LogP contribution in [0.3, 0.4) is 0 Å². The van der Waals surface area contributed by atoms with Gasteiger partial charge in [-0.2, -0.15) is 0 Å². The van der Waals surface area contributed by atoms with Crippen molar-refractivity contribution in [3.63, 3.8) is 0 Å². The Morgan fingerprint density at radius 3 is 2.72 bits per heavy atom. The standard InChI is InChI=1S/C13H20FNO2S/c1-10(2)5-6-17-7-8-18(16)13-4-3-11(14)9-12(13)15/h3-4,9-10H,5-8,15H2,1-2H3. The van der Waals surface area contributed by atoms with E-state index in [1.54, 1.807) is 0 Å². The molecule has 0 saturated carbocycles. The number of hydrogen-bond acceptors (Lipinski definition) is 3. The molecule has 0 fully saturated rings. The first kappa shape index (κ1) is 15.1. The predicted molar refractivity (Wildman–Crippen MR) is 72.4 cm³/mol. The largest absolute Gasteiger partial charge is 0.398 e. The van der Waals surface area contributed by atoms with Crippen molar-refractivity contribution in [3.05, 3.63) is 24.0 Å². The number of hydrogen-bond donors (Lipinski definition) is 1. The number of halogens is 1. The molecule has 1 atom stereocenters. The molecule has 18 heavy (non-hydrogen) atoms. The van der Waals surface area contributed by atoms with Gasteiger partial charge in [0.1, 0.15) is 5.82 Å². The van der Waals surface area contributed by atoms with Crippen LogP contribution in [0.15, 0.2) is 23.1 Å². The van der Waals surface area contributed by atoms with Gasteiger partial charge in [-0.15, -0.1) is 0 Å². The maximum Gasteiger partial charge on any atom is 0.125 e. The molecule has 0 radical (unpaired) electrons. The topological polar surface area (TPSA) is 52.3 Å². The van der Waals surface area contributed by atoms with Gasteiger partial charge in [0.25, 0.3) is 0 Å². The first-order chi connectivity index (χ1) is 8.50. The normalized spacial score (nSPS) is 12.9. The van der Waals surface area contributed by atoms with E-state index in [9.17, 15) is 8.60 Å². The first-order valence-electron chi connectivity index (χ1n) is 6.02. The highest BCUT2D eigenvalue weighted by atomic mass is 32.2. The maximum atomic E-state index is 12.8. The van der Waals surface area contributed by atoms with Crippen LogP contribution in [0.25, 0.3) is 0 Å². The summed E-state index contributed by atoms with van der Waals surface area (Å²) in [5, 5.41) is 0. The molecule has 102 valence electrons. The molecular formula is C13H20FNO2S. The zero-order valence-corrected chi connectivity index (χ0v) is 11.6. The van der Waals surface area contributed by atoms with Gasteiger partial charge in [0.05, 0.1) is 33.7 Å². The van der Waals surface area contributed by atoms with E-state index in [-0.39, 0.29) is 5.69 Å². The monoisotopic (exact) mass is 273 g/mol. The smallest absolute Gasteiger partial charge is 0.125 e. The third-order valence-corrected chi connectivity index (χ3v) is 3.87. The van der Waals surface area contributed by atoms with Crippen molar-refractivity contribution in [2.24, 2.45) is 5.92 Å². The fourth-order valence-corrected chi connectivity index (χ4v) is 2.42. The molecule has 1 aromatic carbocycles. The van der Waals surface area contributed by atoms with E-state index in [2.05, 4.69) is 13.8 Å². The fourth-order valence-electron chi connectivity index (χ4n) is 1.39. The van der Waals surface area contributed by atoms with E-state index in [0.29, 0.717) is 29.8 Å². The Kier molecular flexibility index (Phi) is 6.29. The van der Waals surface area contributed by atoms with E-state index in [0.717, 1.165) is 6.42 Å². The summed E-state index contributed by atoms with van der Waals surface area (Å²) in [6.07, 6.45) is 0.991. The SMILES string of the molecule is CC(C)CCOCCS(=O)c1ccc(F)cc1N. The van der Waals surface area contributed by atoms with Gasteiger partial charge in [-0.25, -0.2) is 4.39 Å². The highest BCUT2D eigenvalue weighted by Gasteiger charge is 2.08. The summed E-state index contributed by atoms with van der Waals surface area (Å²) in [7, 11) is -1.23. The molecule has 0 heterocycles. The van der Waals surface area contributed by atoms with Gasteiger partial charge in [0.15, 0.2) is 0 Å². The Morgan fingerprint density at radius 2 is 2.11 bits per heavy atom. The van der Waals surface area contributed by atoms with Crippen LogP contribution in [-0.4, -0.2) is 23.2 Å². The Bertz CT molecular complexity index is 410. The van der Waals surface area contributed by atoms with Crippen LogP contribution in [0, 0.1) is 11.7 Å². The van der Waals surface area contributed by atoms with Crippen LogP contribution >= 0.6 is 0 Å². The summed E-state index contributed by atoms with van der Waals surface area (Å²) in [5.74, 6) is 0.568. The molecule has 0 amide bonds. The molecule has 0 aliphatic heterocycles. The molecule has 0 aromatic heterocycles. The number of ether oxygens (including phenoxy) is 1. The second-order valence-electron chi connectivity index (χ2n) is 4.53. The molecule has 5 heteroatoms. The third kappa shape index (κ3) is 5.14. The van der Waals surface area contributed by atoms with E-state index >= 15 is 0 Å². The summed E-state index contributed by atoms with van der Waals surface area (Å²) >= 11 is 0. The summed E-state index contributed by atoms with van der Waals surface area (Å²) in [6.45, 7) is 5.35. The molecule has 0 bridgehead atoms. The molecule has 3 nitrogen and oxygen atoms in total. The van der Waals surface area contributed by atoms with Gasteiger partial charge < -0.3 is 10.5 Å². The number of nitrogen functional groups attached to an aromatic ring is 1. The van der Waals surface area contributed by atoms with Crippen LogP contribution in [-0.2, 0) is 15.5 Å². The van der Waals surface area contributed by atoms with Gasteiger partial charge >= 0.3 is 0 Å². The molecule has 0 aliphatic carbocycles. The van der Waals surface area contributed by atoms with Crippen molar-refractivity contribution in [3.8, 4) is 0 Å². The van der Waals surface area contributed by atoms with E-state index in [1.165, 1.54) is 18.2 Å². The average Bonchev–Trinajstić information content (AvgIpc) is 2.27. The minimum Gasteiger partial charge on any atom is -0.398 e. The summed E-state index contributed by atoms with van der Waals surface area (Å²) in [5.41, 5.74) is 5.85. The lowest BCUT2D eigenvalue weighted by atomic mass is 10.1. The number of anilines is 1. The van der Waals surface area contributed by atoms with Gasteiger partial charge in [-0.05, 0) is 30.5 Å².